The summed E-state index contributed by atoms with van der Waals surface area (Å²) in [6, 6.07) is 5.62. The molecule has 5 heteroatoms. The van der Waals surface area contributed by atoms with E-state index in [4.69, 9.17) is 0 Å². The van der Waals surface area contributed by atoms with Gasteiger partial charge in [0.05, 0.1) is 11.3 Å². The second-order valence-electron chi connectivity index (χ2n) is 5.17. The minimum atomic E-state index is -0.350. The first-order chi connectivity index (χ1) is 10.1. The fourth-order valence-corrected chi connectivity index (χ4v) is 2.93. The van der Waals surface area contributed by atoms with Crippen LogP contribution in [0.1, 0.15) is 38.5 Å². The van der Waals surface area contributed by atoms with Crippen LogP contribution in [0.2, 0.25) is 0 Å². The van der Waals surface area contributed by atoms with Gasteiger partial charge in [-0.1, -0.05) is 0 Å². The van der Waals surface area contributed by atoms with Crippen LogP contribution < -0.4 is 5.32 Å². The van der Waals surface area contributed by atoms with Crippen LogP contribution in [0, 0.1) is 12.7 Å². The minimum Gasteiger partial charge on any atom is -0.341 e. The smallest absolute Gasteiger partial charge is 0.257 e. The van der Waals surface area contributed by atoms with Gasteiger partial charge in [0.15, 0.2) is 6.29 Å². The second-order valence-corrected chi connectivity index (χ2v) is 5.17. The molecule has 0 atom stereocenters. The zero-order chi connectivity index (χ0) is 15.0. The van der Waals surface area contributed by atoms with E-state index in [-0.39, 0.29) is 11.7 Å². The van der Waals surface area contributed by atoms with Gasteiger partial charge >= 0.3 is 0 Å². The Morgan fingerprint density at radius 3 is 2.71 bits per heavy atom. The summed E-state index contributed by atoms with van der Waals surface area (Å²) in [4.78, 5) is 23.7. The molecule has 0 bridgehead atoms. The molecule has 1 aliphatic rings. The summed E-state index contributed by atoms with van der Waals surface area (Å²) in [7, 11) is 0. The fraction of sp³-hybridized carbons (Fsp3) is 0.250. The standard InChI is InChI=1S/C16H15FN2O2/c1-10-14(9-20)19-8-2-3-13(19)15(10)16(21)18-12-6-4-11(17)5-7-12/h4-7,9H,2-3,8H2,1H3,(H,18,21). The number of fused-ring (bicyclic) bond motifs is 1. The van der Waals surface area contributed by atoms with Gasteiger partial charge in [0.2, 0.25) is 0 Å². The lowest BCUT2D eigenvalue weighted by molar-refractivity contribution is 0.102. The Bertz CT molecular complexity index is 717. The SMILES string of the molecule is Cc1c(C(=O)Nc2ccc(F)cc2)c2n(c1C=O)CCC2. The molecule has 108 valence electrons. The number of nitrogens with one attached hydrogen (secondary N) is 1. The fourth-order valence-electron chi connectivity index (χ4n) is 2.93. The third-order valence-corrected chi connectivity index (χ3v) is 3.90. The first kappa shape index (κ1) is 13.5. The maximum atomic E-state index is 12.9. The first-order valence-electron chi connectivity index (χ1n) is 6.86. The third kappa shape index (κ3) is 2.24. The highest BCUT2D eigenvalue weighted by Gasteiger charge is 2.27. The normalized spacial score (nSPS) is 13.0. The maximum absolute atomic E-state index is 12.9. The summed E-state index contributed by atoms with van der Waals surface area (Å²) < 4.78 is 14.8. The molecule has 3 rings (SSSR count). The molecule has 1 N–H and O–H groups in total. The van der Waals surface area contributed by atoms with Gasteiger partial charge in [-0.15, -0.1) is 0 Å². The Balaban J connectivity index is 1.95. The van der Waals surface area contributed by atoms with Crippen molar-refractivity contribution in [1.29, 1.82) is 0 Å². The molecule has 0 saturated carbocycles. The lowest BCUT2D eigenvalue weighted by atomic mass is 10.1. The van der Waals surface area contributed by atoms with E-state index >= 15 is 0 Å². The van der Waals surface area contributed by atoms with Gasteiger partial charge in [-0.05, 0) is 49.6 Å². The molecule has 4 nitrogen and oxygen atoms in total. The number of amides is 1. The monoisotopic (exact) mass is 286 g/mol. The predicted octanol–water partition coefficient (Wildman–Crippen LogP) is 2.95. The van der Waals surface area contributed by atoms with E-state index in [9.17, 15) is 14.0 Å². The van der Waals surface area contributed by atoms with Crippen LogP contribution in [0.25, 0.3) is 0 Å². The Labute approximate surface area is 121 Å². The number of carbonyl (C=O) groups is 2. The van der Waals surface area contributed by atoms with Gasteiger partial charge in [0.25, 0.3) is 5.91 Å². The van der Waals surface area contributed by atoms with Crippen molar-refractivity contribution in [3.05, 3.63) is 52.6 Å². The number of carbonyl (C=O) groups excluding carboxylic acids is 2. The Hall–Kier alpha value is -2.43. The molecule has 0 unspecified atom stereocenters. The van der Waals surface area contributed by atoms with Gasteiger partial charge in [-0.25, -0.2) is 4.39 Å². The van der Waals surface area contributed by atoms with Crippen LogP contribution in [0.15, 0.2) is 24.3 Å². The number of rotatable bonds is 3. The zero-order valence-electron chi connectivity index (χ0n) is 11.6. The molecule has 2 aromatic rings. The van der Waals surface area contributed by atoms with Crippen LogP contribution in [0.3, 0.4) is 0 Å². The lowest BCUT2D eigenvalue weighted by Crippen LogP contribution is -2.14. The predicted molar refractivity (Wildman–Crippen MR) is 77.2 cm³/mol. The van der Waals surface area contributed by atoms with Crippen molar-refractivity contribution >= 4 is 17.9 Å². The van der Waals surface area contributed by atoms with Crippen LogP contribution in [0.5, 0.6) is 0 Å². The van der Waals surface area contributed by atoms with E-state index in [1.165, 1.54) is 24.3 Å². The summed E-state index contributed by atoms with van der Waals surface area (Å²) in [5.41, 5.74) is 3.30. The molecule has 0 fully saturated rings. The molecule has 1 aliphatic heterocycles. The van der Waals surface area contributed by atoms with Gasteiger partial charge in [-0.3, -0.25) is 9.59 Å². The van der Waals surface area contributed by atoms with Gasteiger partial charge in [0.1, 0.15) is 5.82 Å². The van der Waals surface area contributed by atoms with Crippen LogP contribution in [0.4, 0.5) is 10.1 Å². The van der Waals surface area contributed by atoms with Crippen molar-refractivity contribution in [1.82, 2.24) is 4.57 Å². The van der Waals surface area contributed by atoms with E-state index in [1.807, 2.05) is 4.57 Å². The molecule has 1 aromatic carbocycles. The molecule has 21 heavy (non-hydrogen) atoms. The number of aromatic nitrogens is 1. The number of nitrogens with zero attached hydrogens (tertiary/aromatic N) is 1. The Morgan fingerprint density at radius 2 is 2.05 bits per heavy atom. The first-order valence-corrected chi connectivity index (χ1v) is 6.86. The van der Waals surface area contributed by atoms with Crippen molar-refractivity contribution in [2.75, 3.05) is 5.32 Å². The molecular weight excluding hydrogens is 271 g/mol. The number of halogens is 1. The summed E-state index contributed by atoms with van der Waals surface area (Å²) in [5.74, 6) is -0.602. The topological polar surface area (TPSA) is 51.1 Å². The van der Waals surface area contributed by atoms with Gasteiger partial charge in [-0.2, -0.15) is 0 Å². The van der Waals surface area contributed by atoms with E-state index < -0.39 is 0 Å². The highest BCUT2D eigenvalue weighted by atomic mass is 19.1. The average Bonchev–Trinajstić information content (AvgIpc) is 3.00. The molecule has 1 aromatic heterocycles. The molecule has 0 saturated heterocycles. The minimum absolute atomic E-state index is 0.252. The van der Waals surface area contributed by atoms with E-state index in [0.29, 0.717) is 22.5 Å². The van der Waals surface area contributed by atoms with E-state index in [2.05, 4.69) is 5.32 Å². The summed E-state index contributed by atoms with van der Waals surface area (Å²) in [6.07, 6.45) is 2.53. The molecule has 1 amide bonds. The van der Waals surface area contributed by atoms with Crippen LogP contribution in [-0.4, -0.2) is 16.8 Å². The van der Waals surface area contributed by atoms with E-state index in [1.54, 1.807) is 6.92 Å². The van der Waals surface area contributed by atoms with Gasteiger partial charge < -0.3 is 9.88 Å². The highest BCUT2D eigenvalue weighted by Crippen LogP contribution is 2.28. The van der Waals surface area contributed by atoms with Crippen molar-refractivity contribution < 1.29 is 14.0 Å². The summed E-state index contributed by atoms with van der Waals surface area (Å²) in [6.45, 7) is 2.56. The number of benzene rings is 1. The molecular formula is C16H15FN2O2. The van der Waals surface area contributed by atoms with Crippen molar-refractivity contribution in [2.24, 2.45) is 0 Å². The van der Waals surface area contributed by atoms with Crippen LogP contribution in [-0.2, 0) is 13.0 Å². The highest BCUT2D eigenvalue weighted by molar-refractivity contribution is 6.07. The summed E-state index contributed by atoms with van der Waals surface area (Å²) in [5, 5.41) is 2.76. The van der Waals surface area contributed by atoms with Crippen LogP contribution >= 0.6 is 0 Å². The number of aldehydes is 1. The number of anilines is 1. The Kier molecular flexibility index (Phi) is 3.33. The molecule has 2 heterocycles. The molecule has 0 aliphatic carbocycles. The summed E-state index contributed by atoms with van der Waals surface area (Å²) >= 11 is 0. The quantitative estimate of drug-likeness (QED) is 0.882. The number of hydrogen-bond acceptors (Lipinski definition) is 2. The average molecular weight is 286 g/mol. The van der Waals surface area contributed by atoms with Crippen molar-refractivity contribution in [2.45, 2.75) is 26.3 Å². The van der Waals surface area contributed by atoms with Crippen molar-refractivity contribution in [3.63, 3.8) is 0 Å². The lowest BCUT2D eigenvalue weighted by Gasteiger charge is -2.06. The zero-order valence-corrected chi connectivity index (χ0v) is 11.6. The molecule has 0 spiro atoms. The molecule has 0 radical (unpaired) electrons. The van der Waals surface area contributed by atoms with Gasteiger partial charge in [0, 0.05) is 17.9 Å². The van der Waals surface area contributed by atoms with E-state index in [0.717, 1.165) is 31.4 Å². The largest absolute Gasteiger partial charge is 0.341 e. The third-order valence-electron chi connectivity index (χ3n) is 3.90. The number of hydrogen-bond donors (Lipinski definition) is 1. The van der Waals surface area contributed by atoms with Crippen molar-refractivity contribution in [3.8, 4) is 0 Å². The second kappa shape index (κ2) is 5.16. The Morgan fingerprint density at radius 1 is 1.33 bits per heavy atom. The maximum Gasteiger partial charge on any atom is 0.257 e.